The van der Waals surface area contributed by atoms with E-state index < -0.39 is 0 Å². The molecule has 2 aromatic rings. The predicted octanol–water partition coefficient (Wildman–Crippen LogP) is 3.25. The van der Waals surface area contributed by atoms with Gasteiger partial charge in [0.15, 0.2) is 0 Å². The number of amides is 2. The number of carbonyl (C=O) groups excluding carboxylic acids is 1. The van der Waals surface area contributed by atoms with Crippen molar-refractivity contribution in [3.8, 4) is 0 Å². The van der Waals surface area contributed by atoms with Gasteiger partial charge in [-0.25, -0.2) is 4.79 Å². The molecule has 4 heteroatoms. The van der Waals surface area contributed by atoms with Crippen molar-refractivity contribution >= 4 is 27.5 Å². The SMILES string of the molecule is CNC(=O)NCCc1csc2ccc(C3CC3)cc12. The van der Waals surface area contributed by atoms with Gasteiger partial charge in [0.1, 0.15) is 0 Å². The maximum atomic E-state index is 11.1. The minimum Gasteiger partial charge on any atom is -0.341 e. The van der Waals surface area contributed by atoms with Crippen molar-refractivity contribution in [1.82, 2.24) is 10.6 Å². The van der Waals surface area contributed by atoms with Gasteiger partial charge in [-0.1, -0.05) is 6.07 Å². The van der Waals surface area contributed by atoms with Crippen LogP contribution < -0.4 is 10.6 Å². The summed E-state index contributed by atoms with van der Waals surface area (Å²) in [5.41, 5.74) is 2.82. The average Bonchev–Trinajstić information content (AvgIpc) is 3.21. The molecule has 1 aliphatic rings. The minimum atomic E-state index is -0.113. The van der Waals surface area contributed by atoms with Crippen LogP contribution in [0, 0.1) is 0 Å². The van der Waals surface area contributed by atoms with Crippen LogP contribution >= 0.6 is 11.3 Å². The van der Waals surface area contributed by atoms with Crippen LogP contribution in [-0.2, 0) is 6.42 Å². The van der Waals surface area contributed by atoms with Gasteiger partial charge < -0.3 is 10.6 Å². The fraction of sp³-hybridized carbons (Fsp3) is 0.400. The average molecular weight is 274 g/mol. The van der Waals surface area contributed by atoms with Gasteiger partial charge in [0.05, 0.1) is 0 Å². The first-order valence-corrected chi connectivity index (χ1v) is 7.61. The van der Waals surface area contributed by atoms with Gasteiger partial charge in [-0.3, -0.25) is 0 Å². The molecular weight excluding hydrogens is 256 g/mol. The molecule has 0 bridgehead atoms. The standard InChI is InChI=1S/C15H18N2OS/c1-16-15(18)17-7-6-12-9-19-14-5-4-11(8-13(12)14)10-2-3-10/h4-5,8-10H,2-3,6-7H2,1H3,(H2,16,17,18). The summed E-state index contributed by atoms with van der Waals surface area (Å²) in [6, 6.07) is 6.74. The van der Waals surface area contributed by atoms with E-state index in [1.165, 1.54) is 34.1 Å². The molecule has 1 aliphatic carbocycles. The molecule has 1 saturated carbocycles. The van der Waals surface area contributed by atoms with Crippen molar-refractivity contribution in [3.63, 3.8) is 0 Å². The Bertz CT molecular complexity index is 601. The maximum Gasteiger partial charge on any atom is 0.314 e. The van der Waals surface area contributed by atoms with E-state index in [2.05, 4.69) is 34.2 Å². The highest BCUT2D eigenvalue weighted by molar-refractivity contribution is 7.17. The maximum absolute atomic E-state index is 11.1. The van der Waals surface area contributed by atoms with Crippen molar-refractivity contribution < 1.29 is 4.79 Å². The fourth-order valence-electron chi connectivity index (χ4n) is 2.36. The van der Waals surface area contributed by atoms with Crippen molar-refractivity contribution in [3.05, 3.63) is 34.7 Å². The van der Waals surface area contributed by atoms with Crippen LogP contribution in [0.3, 0.4) is 0 Å². The largest absolute Gasteiger partial charge is 0.341 e. The molecule has 1 aromatic carbocycles. The zero-order chi connectivity index (χ0) is 13.2. The van der Waals surface area contributed by atoms with Gasteiger partial charge in [-0.2, -0.15) is 0 Å². The minimum absolute atomic E-state index is 0.113. The molecule has 100 valence electrons. The molecule has 19 heavy (non-hydrogen) atoms. The second-order valence-electron chi connectivity index (χ2n) is 5.05. The summed E-state index contributed by atoms with van der Waals surface area (Å²) >= 11 is 1.79. The number of nitrogens with one attached hydrogen (secondary N) is 2. The van der Waals surface area contributed by atoms with Crippen LogP contribution in [0.15, 0.2) is 23.6 Å². The molecule has 0 aliphatic heterocycles. The Kier molecular flexibility index (Phi) is 3.42. The molecule has 0 saturated heterocycles. The highest BCUT2D eigenvalue weighted by atomic mass is 32.1. The second-order valence-corrected chi connectivity index (χ2v) is 5.96. The number of thiophene rings is 1. The van der Waals surface area contributed by atoms with E-state index in [-0.39, 0.29) is 6.03 Å². The zero-order valence-electron chi connectivity index (χ0n) is 11.0. The summed E-state index contributed by atoms with van der Waals surface area (Å²) in [7, 11) is 1.64. The molecular formula is C15H18N2OS. The van der Waals surface area contributed by atoms with E-state index in [0.717, 1.165) is 12.3 Å². The number of carbonyl (C=O) groups is 1. The van der Waals surface area contributed by atoms with E-state index in [9.17, 15) is 4.79 Å². The van der Waals surface area contributed by atoms with Gasteiger partial charge in [0, 0.05) is 18.3 Å². The number of rotatable bonds is 4. The molecule has 0 radical (unpaired) electrons. The van der Waals surface area contributed by atoms with Gasteiger partial charge in [-0.15, -0.1) is 11.3 Å². The number of hydrogen-bond donors (Lipinski definition) is 2. The third-order valence-electron chi connectivity index (χ3n) is 3.63. The number of fused-ring (bicyclic) bond motifs is 1. The van der Waals surface area contributed by atoms with Crippen molar-refractivity contribution in [2.75, 3.05) is 13.6 Å². The van der Waals surface area contributed by atoms with E-state index >= 15 is 0 Å². The lowest BCUT2D eigenvalue weighted by Crippen LogP contribution is -2.33. The fourth-order valence-corrected chi connectivity index (χ4v) is 3.34. The Hall–Kier alpha value is -1.55. The molecule has 3 rings (SSSR count). The van der Waals surface area contributed by atoms with Crippen LogP contribution in [0.1, 0.15) is 29.9 Å². The van der Waals surface area contributed by atoms with Gasteiger partial charge in [-0.05, 0) is 59.2 Å². The zero-order valence-corrected chi connectivity index (χ0v) is 11.8. The molecule has 1 aromatic heterocycles. The van der Waals surface area contributed by atoms with E-state index in [1.54, 1.807) is 18.4 Å². The number of hydrogen-bond acceptors (Lipinski definition) is 2. The lowest BCUT2D eigenvalue weighted by Gasteiger charge is -2.04. The summed E-state index contributed by atoms with van der Waals surface area (Å²) in [5.74, 6) is 0.793. The van der Waals surface area contributed by atoms with E-state index in [4.69, 9.17) is 0 Å². The molecule has 3 nitrogen and oxygen atoms in total. The first-order valence-electron chi connectivity index (χ1n) is 6.73. The summed E-state index contributed by atoms with van der Waals surface area (Å²) in [4.78, 5) is 11.1. The van der Waals surface area contributed by atoms with Gasteiger partial charge in [0.2, 0.25) is 0 Å². The van der Waals surface area contributed by atoms with E-state index in [1.807, 2.05) is 0 Å². The van der Waals surface area contributed by atoms with E-state index in [0.29, 0.717) is 6.54 Å². The second kappa shape index (κ2) is 5.21. The summed E-state index contributed by atoms with van der Waals surface area (Å²) < 4.78 is 1.35. The normalized spacial score (nSPS) is 14.6. The highest BCUT2D eigenvalue weighted by Crippen LogP contribution is 2.41. The molecule has 0 spiro atoms. The lowest BCUT2D eigenvalue weighted by atomic mass is 10.0. The Morgan fingerprint density at radius 2 is 2.26 bits per heavy atom. The summed E-state index contributed by atoms with van der Waals surface area (Å²) in [6.45, 7) is 0.680. The lowest BCUT2D eigenvalue weighted by molar-refractivity contribution is 0.243. The van der Waals surface area contributed by atoms with Gasteiger partial charge in [0.25, 0.3) is 0 Å². The highest BCUT2D eigenvalue weighted by Gasteiger charge is 2.23. The Labute approximate surface area is 117 Å². The molecule has 0 unspecified atom stereocenters. The van der Waals surface area contributed by atoms with Crippen LogP contribution in [0.5, 0.6) is 0 Å². The summed E-state index contributed by atoms with van der Waals surface area (Å²) in [5, 5.41) is 8.99. The number of urea groups is 1. The third kappa shape index (κ3) is 2.73. The van der Waals surface area contributed by atoms with Crippen LogP contribution in [-0.4, -0.2) is 19.6 Å². The van der Waals surface area contributed by atoms with Crippen molar-refractivity contribution in [1.29, 1.82) is 0 Å². The Morgan fingerprint density at radius 3 is 3.00 bits per heavy atom. The van der Waals surface area contributed by atoms with Crippen molar-refractivity contribution in [2.24, 2.45) is 0 Å². The van der Waals surface area contributed by atoms with Crippen LogP contribution in [0.2, 0.25) is 0 Å². The van der Waals surface area contributed by atoms with Crippen molar-refractivity contribution in [2.45, 2.75) is 25.2 Å². The first-order chi connectivity index (χ1) is 9.28. The quantitative estimate of drug-likeness (QED) is 0.883. The van der Waals surface area contributed by atoms with Crippen LogP contribution in [0.25, 0.3) is 10.1 Å². The first kappa shape index (κ1) is 12.5. The molecule has 1 heterocycles. The third-order valence-corrected chi connectivity index (χ3v) is 4.65. The summed E-state index contributed by atoms with van der Waals surface area (Å²) in [6.07, 6.45) is 3.56. The topological polar surface area (TPSA) is 41.1 Å². The van der Waals surface area contributed by atoms with Crippen LogP contribution in [0.4, 0.5) is 4.79 Å². The predicted molar refractivity (Wildman–Crippen MR) is 80.0 cm³/mol. The molecule has 2 amide bonds. The molecule has 2 N–H and O–H groups in total. The molecule has 1 fully saturated rings. The van der Waals surface area contributed by atoms with Gasteiger partial charge >= 0.3 is 6.03 Å². The monoisotopic (exact) mass is 274 g/mol. The number of benzene rings is 1. The Morgan fingerprint density at radius 1 is 1.42 bits per heavy atom. The molecule has 0 atom stereocenters. The Balaban J connectivity index is 1.75. The smallest absolute Gasteiger partial charge is 0.314 e.